The molecule has 2 amide bonds. The molecule has 0 bridgehead atoms. The van der Waals surface area contributed by atoms with Gasteiger partial charge in [-0.2, -0.15) is 0 Å². The van der Waals surface area contributed by atoms with Crippen LogP contribution in [0.25, 0.3) is 0 Å². The molecule has 25 heavy (non-hydrogen) atoms. The van der Waals surface area contributed by atoms with E-state index in [1.54, 1.807) is 28.4 Å². The summed E-state index contributed by atoms with van der Waals surface area (Å²) in [5.74, 6) is -0.287. The zero-order chi connectivity index (χ0) is 17.2. The van der Waals surface area contributed by atoms with Crippen LogP contribution in [0.2, 0.25) is 0 Å². The second-order valence-corrected chi connectivity index (χ2v) is 7.45. The first kappa shape index (κ1) is 16.5. The molecule has 1 aliphatic heterocycles. The molecule has 5 nitrogen and oxygen atoms in total. The van der Waals surface area contributed by atoms with Crippen molar-refractivity contribution < 1.29 is 13.9 Å². The van der Waals surface area contributed by atoms with E-state index in [2.05, 4.69) is 10.3 Å². The number of urea groups is 1. The van der Waals surface area contributed by atoms with Crippen molar-refractivity contribution in [3.8, 4) is 0 Å². The summed E-state index contributed by atoms with van der Waals surface area (Å²) in [4.78, 5) is 20.4. The first-order chi connectivity index (χ1) is 12.2. The SMILES string of the molecule is O=C(Nc1nc2c(s1)CCCC2)N1CCOCC1c1ccc(F)cc1. The van der Waals surface area contributed by atoms with Crippen molar-refractivity contribution >= 4 is 22.5 Å². The van der Waals surface area contributed by atoms with Crippen molar-refractivity contribution in [3.05, 3.63) is 46.2 Å². The van der Waals surface area contributed by atoms with Gasteiger partial charge in [0.05, 0.1) is 24.9 Å². The highest BCUT2D eigenvalue weighted by atomic mass is 32.1. The average Bonchev–Trinajstić information content (AvgIpc) is 3.04. The van der Waals surface area contributed by atoms with E-state index in [4.69, 9.17) is 4.74 Å². The number of amides is 2. The summed E-state index contributed by atoms with van der Waals surface area (Å²) in [6.07, 6.45) is 4.41. The molecule has 2 aliphatic rings. The highest BCUT2D eigenvalue weighted by molar-refractivity contribution is 7.15. The second kappa shape index (κ2) is 7.09. The number of fused-ring (bicyclic) bond motifs is 1. The summed E-state index contributed by atoms with van der Waals surface area (Å²) in [6.45, 7) is 1.41. The van der Waals surface area contributed by atoms with Crippen molar-refractivity contribution in [2.45, 2.75) is 31.7 Å². The third kappa shape index (κ3) is 3.52. The van der Waals surface area contributed by atoms with Gasteiger partial charge in [0, 0.05) is 11.4 Å². The topological polar surface area (TPSA) is 54.5 Å². The van der Waals surface area contributed by atoms with Crippen LogP contribution in [0, 0.1) is 5.82 Å². The average molecular weight is 361 g/mol. The molecule has 4 rings (SSSR count). The molecular formula is C18H20FN3O2S. The number of nitrogens with one attached hydrogen (secondary N) is 1. The van der Waals surface area contributed by atoms with Crippen LogP contribution in [-0.2, 0) is 17.6 Å². The second-order valence-electron chi connectivity index (χ2n) is 6.36. The highest BCUT2D eigenvalue weighted by Gasteiger charge is 2.29. The van der Waals surface area contributed by atoms with E-state index in [0.29, 0.717) is 24.9 Å². The Morgan fingerprint density at radius 3 is 2.88 bits per heavy atom. The standard InChI is InChI=1S/C18H20FN3O2S/c19-13-7-5-12(6-8-13)15-11-24-10-9-22(15)18(23)21-17-20-14-3-1-2-4-16(14)25-17/h5-8,15H,1-4,9-11H2,(H,20,21,23). The number of aromatic nitrogens is 1. The van der Waals surface area contributed by atoms with E-state index in [1.807, 2.05) is 0 Å². The molecule has 1 aromatic heterocycles. The van der Waals surface area contributed by atoms with Gasteiger partial charge in [-0.3, -0.25) is 5.32 Å². The zero-order valence-electron chi connectivity index (χ0n) is 13.8. The van der Waals surface area contributed by atoms with Gasteiger partial charge in [-0.15, -0.1) is 11.3 Å². The van der Waals surface area contributed by atoms with E-state index >= 15 is 0 Å². The number of anilines is 1. The predicted octanol–water partition coefficient (Wildman–Crippen LogP) is 3.77. The molecule has 1 aromatic carbocycles. The number of morpholine rings is 1. The molecule has 1 N–H and O–H groups in total. The Labute approximate surface area is 149 Å². The number of hydrogen-bond acceptors (Lipinski definition) is 4. The molecule has 0 saturated carbocycles. The number of nitrogens with zero attached hydrogens (tertiary/aromatic N) is 2. The monoisotopic (exact) mass is 361 g/mol. The number of carbonyl (C=O) groups is 1. The molecule has 1 unspecified atom stereocenters. The van der Waals surface area contributed by atoms with Crippen LogP contribution in [0.15, 0.2) is 24.3 Å². The third-order valence-corrected chi connectivity index (χ3v) is 5.78. The number of thiazole rings is 1. The van der Waals surface area contributed by atoms with Crippen LogP contribution < -0.4 is 5.32 Å². The van der Waals surface area contributed by atoms with Crippen LogP contribution in [0.4, 0.5) is 14.3 Å². The fraction of sp³-hybridized carbons (Fsp3) is 0.444. The van der Waals surface area contributed by atoms with Gasteiger partial charge in [0.25, 0.3) is 0 Å². The van der Waals surface area contributed by atoms with E-state index in [9.17, 15) is 9.18 Å². The van der Waals surface area contributed by atoms with E-state index in [0.717, 1.165) is 24.1 Å². The summed E-state index contributed by atoms with van der Waals surface area (Å²) < 4.78 is 18.7. The third-order valence-electron chi connectivity index (χ3n) is 4.70. The molecule has 2 aromatic rings. The molecule has 1 aliphatic carbocycles. The van der Waals surface area contributed by atoms with Gasteiger partial charge in [0.1, 0.15) is 5.82 Å². The Balaban J connectivity index is 1.50. The Kier molecular flexibility index (Phi) is 4.67. The van der Waals surface area contributed by atoms with Crippen LogP contribution in [-0.4, -0.2) is 35.7 Å². The van der Waals surface area contributed by atoms with Gasteiger partial charge in [0.15, 0.2) is 5.13 Å². The largest absolute Gasteiger partial charge is 0.377 e. The van der Waals surface area contributed by atoms with Gasteiger partial charge in [-0.25, -0.2) is 14.2 Å². The number of carbonyl (C=O) groups excluding carboxylic acids is 1. The van der Waals surface area contributed by atoms with Crippen molar-refractivity contribution in [2.75, 3.05) is 25.1 Å². The van der Waals surface area contributed by atoms with E-state index < -0.39 is 0 Å². The lowest BCUT2D eigenvalue weighted by Gasteiger charge is -2.35. The number of aryl methyl sites for hydroxylation is 2. The Morgan fingerprint density at radius 2 is 2.08 bits per heavy atom. The first-order valence-corrected chi connectivity index (χ1v) is 9.42. The minimum absolute atomic E-state index is 0.177. The number of ether oxygens (including phenoxy) is 1. The number of hydrogen-bond donors (Lipinski definition) is 1. The predicted molar refractivity (Wildman–Crippen MR) is 94.4 cm³/mol. The molecule has 132 valence electrons. The van der Waals surface area contributed by atoms with Crippen LogP contribution in [0.1, 0.15) is 35.0 Å². The molecule has 1 fully saturated rings. The molecule has 0 spiro atoms. The maximum Gasteiger partial charge on any atom is 0.324 e. The van der Waals surface area contributed by atoms with Crippen LogP contribution >= 0.6 is 11.3 Å². The Bertz CT molecular complexity index is 739. The Hall–Kier alpha value is -1.99. The highest BCUT2D eigenvalue weighted by Crippen LogP contribution is 2.31. The Morgan fingerprint density at radius 1 is 1.28 bits per heavy atom. The summed E-state index contributed by atoms with van der Waals surface area (Å²) in [5, 5.41) is 3.61. The van der Waals surface area contributed by atoms with Crippen molar-refractivity contribution in [2.24, 2.45) is 0 Å². The summed E-state index contributed by atoms with van der Waals surface area (Å²) >= 11 is 1.58. The smallest absolute Gasteiger partial charge is 0.324 e. The summed E-state index contributed by atoms with van der Waals surface area (Å²) in [6, 6.07) is 5.84. The number of halogens is 1. The van der Waals surface area contributed by atoms with Crippen molar-refractivity contribution in [1.29, 1.82) is 0 Å². The number of rotatable bonds is 2. The maximum absolute atomic E-state index is 13.2. The minimum atomic E-state index is -0.287. The maximum atomic E-state index is 13.2. The number of benzene rings is 1. The molecule has 7 heteroatoms. The van der Waals surface area contributed by atoms with Gasteiger partial charge in [-0.1, -0.05) is 12.1 Å². The van der Waals surface area contributed by atoms with Crippen molar-refractivity contribution in [3.63, 3.8) is 0 Å². The quantitative estimate of drug-likeness (QED) is 0.886. The van der Waals surface area contributed by atoms with E-state index in [1.165, 1.54) is 29.9 Å². The molecule has 1 saturated heterocycles. The molecule has 2 heterocycles. The molecular weight excluding hydrogens is 341 g/mol. The zero-order valence-corrected chi connectivity index (χ0v) is 14.7. The van der Waals surface area contributed by atoms with Gasteiger partial charge in [-0.05, 0) is 43.4 Å². The lowest BCUT2D eigenvalue weighted by Crippen LogP contribution is -2.45. The fourth-order valence-electron chi connectivity index (χ4n) is 3.38. The van der Waals surface area contributed by atoms with Gasteiger partial charge < -0.3 is 9.64 Å². The minimum Gasteiger partial charge on any atom is -0.377 e. The lowest BCUT2D eigenvalue weighted by molar-refractivity contribution is 0.0147. The molecule has 0 radical (unpaired) electrons. The van der Waals surface area contributed by atoms with Crippen LogP contribution in [0.5, 0.6) is 0 Å². The van der Waals surface area contributed by atoms with Gasteiger partial charge >= 0.3 is 6.03 Å². The molecule has 1 atom stereocenters. The fourth-order valence-corrected chi connectivity index (χ4v) is 4.42. The van der Waals surface area contributed by atoms with Crippen molar-refractivity contribution in [1.82, 2.24) is 9.88 Å². The van der Waals surface area contributed by atoms with E-state index in [-0.39, 0.29) is 17.9 Å². The normalized spacial score (nSPS) is 20.2. The lowest BCUT2D eigenvalue weighted by atomic mass is 10.0. The van der Waals surface area contributed by atoms with Crippen LogP contribution in [0.3, 0.4) is 0 Å². The summed E-state index contributed by atoms with van der Waals surface area (Å²) in [7, 11) is 0. The first-order valence-electron chi connectivity index (χ1n) is 8.60. The summed E-state index contributed by atoms with van der Waals surface area (Å²) in [5.41, 5.74) is 2.00. The van der Waals surface area contributed by atoms with Gasteiger partial charge in [0.2, 0.25) is 0 Å².